The average Bonchev–Trinajstić information content (AvgIpc) is 2.18. The second-order valence-electron chi connectivity index (χ2n) is 6.48. The molecule has 1 rings (SSSR count). The zero-order chi connectivity index (χ0) is 12.2. The lowest BCUT2D eigenvalue weighted by Gasteiger charge is -2.25. The van der Waals surface area contributed by atoms with Crippen molar-refractivity contribution in [3.05, 3.63) is 0 Å². The largest absolute Gasteiger partial charge is 0.393 e. The molecule has 0 aliphatic heterocycles. The van der Waals surface area contributed by atoms with Gasteiger partial charge in [-0.2, -0.15) is 0 Å². The standard InChI is InChI=1S/C14H26O2/c1-14(2,3)9-8-13(16)10-11-4-6-12(15)7-5-11/h11-12,15H,4-10H2,1-3H3. The molecule has 0 aromatic carbocycles. The van der Waals surface area contributed by atoms with E-state index in [4.69, 9.17) is 0 Å². The van der Waals surface area contributed by atoms with Gasteiger partial charge in [-0.25, -0.2) is 0 Å². The minimum absolute atomic E-state index is 0.110. The van der Waals surface area contributed by atoms with E-state index in [-0.39, 0.29) is 11.5 Å². The number of aliphatic hydroxyl groups excluding tert-OH is 1. The van der Waals surface area contributed by atoms with Gasteiger partial charge >= 0.3 is 0 Å². The molecule has 0 saturated heterocycles. The summed E-state index contributed by atoms with van der Waals surface area (Å²) in [4.78, 5) is 11.8. The maximum atomic E-state index is 11.8. The van der Waals surface area contributed by atoms with Crippen LogP contribution < -0.4 is 0 Å². The fourth-order valence-corrected chi connectivity index (χ4v) is 2.29. The lowest BCUT2D eigenvalue weighted by molar-refractivity contribution is -0.120. The summed E-state index contributed by atoms with van der Waals surface area (Å²) in [5.74, 6) is 0.951. The molecular weight excluding hydrogens is 200 g/mol. The molecule has 1 aliphatic carbocycles. The molecule has 1 fully saturated rings. The van der Waals surface area contributed by atoms with Crippen LogP contribution in [0.5, 0.6) is 0 Å². The van der Waals surface area contributed by atoms with Crippen LogP contribution in [-0.4, -0.2) is 17.0 Å². The molecule has 16 heavy (non-hydrogen) atoms. The Morgan fingerprint density at radius 3 is 2.25 bits per heavy atom. The third-order valence-corrected chi connectivity index (χ3v) is 3.49. The summed E-state index contributed by atoms with van der Waals surface area (Å²) in [7, 11) is 0. The molecule has 0 atom stereocenters. The highest BCUT2D eigenvalue weighted by Crippen LogP contribution is 2.28. The smallest absolute Gasteiger partial charge is 0.133 e. The van der Waals surface area contributed by atoms with E-state index in [1.165, 1.54) is 0 Å². The molecule has 1 N–H and O–H groups in total. The number of Topliss-reactive ketones (excluding diaryl/α,β-unsaturated/α-hetero) is 1. The second-order valence-corrected chi connectivity index (χ2v) is 6.48. The summed E-state index contributed by atoms with van der Waals surface area (Å²) in [6.07, 6.45) is 6.17. The summed E-state index contributed by atoms with van der Waals surface area (Å²) in [5, 5.41) is 9.39. The van der Waals surface area contributed by atoms with E-state index in [0.29, 0.717) is 11.7 Å². The SMILES string of the molecule is CC(C)(C)CCC(=O)CC1CCC(O)CC1. The number of carbonyl (C=O) groups excluding carboxylic acids is 1. The van der Waals surface area contributed by atoms with Crippen LogP contribution in [0.3, 0.4) is 0 Å². The van der Waals surface area contributed by atoms with Crippen LogP contribution in [0.2, 0.25) is 0 Å². The second kappa shape index (κ2) is 5.81. The minimum atomic E-state index is -0.110. The van der Waals surface area contributed by atoms with Gasteiger partial charge in [-0.1, -0.05) is 20.8 Å². The van der Waals surface area contributed by atoms with Crippen LogP contribution in [0.4, 0.5) is 0 Å². The van der Waals surface area contributed by atoms with Crippen molar-refractivity contribution in [1.82, 2.24) is 0 Å². The molecule has 0 unspecified atom stereocenters. The van der Waals surface area contributed by atoms with Crippen LogP contribution in [0.15, 0.2) is 0 Å². The van der Waals surface area contributed by atoms with E-state index in [2.05, 4.69) is 20.8 Å². The highest BCUT2D eigenvalue weighted by atomic mass is 16.3. The Labute approximate surface area is 99.4 Å². The lowest BCUT2D eigenvalue weighted by atomic mass is 9.82. The predicted molar refractivity (Wildman–Crippen MR) is 66.3 cm³/mol. The molecule has 0 spiro atoms. The van der Waals surface area contributed by atoms with E-state index in [1.54, 1.807) is 0 Å². The molecule has 0 radical (unpaired) electrons. The third-order valence-electron chi connectivity index (χ3n) is 3.49. The van der Waals surface area contributed by atoms with Crippen molar-refractivity contribution in [2.45, 2.75) is 71.8 Å². The van der Waals surface area contributed by atoms with Crippen molar-refractivity contribution in [3.8, 4) is 0 Å². The number of carbonyl (C=O) groups is 1. The Hall–Kier alpha value is -0.370. The fraction of sp³-hybridized carbons (Fsp3) is 0.929. The molecule has 0 amide bonds. The normalized spacial score (nSPS) is 26.8. The fourth-order valence-electron chi connectivity index (χ4n) is 2.29. The van der Waals surface area contributed by atoms with Crippen LogP contribution in [0.25, 0.3) is 0 Å². The number of aliphatic hydroxyl groups is 1. The number of hydrogen-bond donors (Lipinski definition) is 1. The Morgan fingerprint density at radius 2 is 1.75 bits per heavy atom. The Bertz CT molecular complexity index is 219. The summed E-state index contributed by atoms with van der Waals surface area (Å²) < 4.78 is 0. The molecule has 0 aromatic heterocycles. The van der Waals surface area contributed by atoms with Crippen LogP contribution in [-0.2, 0) is 4.79 Å². The maximum absolute atomic E-state index is 11.8. The quantitative estimate of drug-likeness (QED) is 0.798. The first-order valence-corrected chi connectivity index (χ1v) is 6.56. The van der Waals surface area contributed by atoms with Gasteiger partial charge in [0.1, 0.15) is 5.78 Å². The van der Waals surface area contributed by atoms with Gasteiger partial charge in [0.05, 0.1) is 6.10 Å². The summed E-state index contributed by atoms with van der Waals surface area (Å²) in [6.45, 7) is 6.53. The number of rotatable bonds is 4. The highest BCUT2D eigenvalue weighted by Gasteiger charge is 2.22. The van der Waals surface area contributed by atoms with Crippen LogP contribution in [0.1, 0.15) is 65.7 Å². The number of ketones is 1. The van der Waals surface area contributed by atoms with Crippen molar-refractivity contribution in [2.24, 2.45) is 11.3 Å². The molecule has 0 heterocycles. The van der Waals surface area contributed by atoms with Crippen molar-refractivity contribution in [2.75, 3.05) is 0 Å². The van der Waals surface area contributed by atoms with Gasteiger partial charge in [0.2, 0.25) is 0 Å². The molecule has 1 aliphatic rings. The van der Waals surface area contributed by atoms with E-state index >= 15 is 0 Å². The molecular formula is C14H26O2. The summed E-state index contributed by atoms with van der Waals surface area (Å²) in [5.41, 5.74) is 0.262. The molecule has 2 heteroatoms. The predicted octanol–water partition coefficient (Wildman–Crippen LogP) is 3.32. The van der Waals surface area contributed by atoms with E-state index in [0.717, 1.165) is 44.9 Å². The van der Waals surface area contributed by atoms with Crippen molar-refractivity contribution < 1.29 is 9.90 Å². The molecule has 0 aromatic rings. The average molecular weight is 226 g/mol. The Balaban J connectivity index is 2.19. The zero-order valence-electron chi connectivity index (χ0n) is 11.0. The van der Waals surface area contributed by atoms with Gasteiger partial charge in [-0.3, -0.25) is 4.79 Å². The monoisotopic (exact) mass is 226 g/mol. The third kappa shape index (κ3) is 5.64. The van der Waals surface area contributed by atoms with Crippen molar-refractivity contribution >= 4 is 5.78 Å². The first-order valence-electron chi connectivity index (χ1n) is 6.56. The zero-order valence-corrected chi connectivity index (χ0v) is 11.0. The molecule has 2 nitrogen and oxygen atoms in total. The van der Waals surface area contributed by atoms with E-state index in [1.807, 2.05) is 0 Å². The van der Waals surface area contributed by atoms with Gasteiger partial charge in [0, 0.05) is 12.8 Å². The highest BCUT2D eigenvalue weighted by molar-refractivity contribution is 5.78. The van der Waals surface area contributed by atoms with Crippen molar-refractivity contribution in [3.63, 3.8) is 0 Å². The Kier molecular flexibility index (Phi) is 4.97. The van der Waals surface area contributed by atoms with Gasteiger partial charge in [-0.15, -0.1) is 0 Å². The van der Waals surface area contributed by atoms with Gasteiger partial charge in [0.25, 0.3) is 0 Å². The number of hydrogen-bond acceptors (Lipinski definition) is 2. The van der Waals surface area contributed by atoms with Crippen LogP contribution >= 0.6 is 0 Å². The molecule has 94 valence electrons. The van der Waals surface area contributed by atoms with E-state index in [9.17, 15) is 9.90 Å². The lowest BCUT2D eigenvalue weighted by Crippen LogP contribution is -2.20. The first-order chi connectivity index (χ1) is 7.37. The van der Waals surface area contributed by atoms with E-state index < -0.39 is 0 Å². The van der Waals surface area contributed by atoms with Gasteiger partial charge in [0.15, 0.2) is 0 Å². The van der Waals surface area contributed by atoms with Crippen molar-refractivity contribution in [1.29, 1.82) is 0 Å². The summed E-state index contributed by atoms with van der Waals surface area (Å²) in [6, 6.07) is 0. The van der Waals surface area contributed by atoms with Crippen LogP contribution in [0, 0.1) is 11.3 Å². The molecule has 1 saturated carbocycles. The topological polar surface area (TPSA) is 37.3 Å². The minimum Gasteiger partial charge on any atom is -0.393 e. The van der Waals surface area contributed by atoms with Gasteiger partial charge in [-0.05, 0) is 43.4 Å². The first kappa shape index (κ1) is 13.7. The molecule has 0 bridgehead atoms. The Morgan fingerprint density at radius 1 is 1.19 bits per heavy atom. The van der Waals surface area contributed by atoms with Gasteiger partial charge < -0.3 is 5.11 Å². The summed E-state index contributed by atoms with van der Waals surface area (Å²) >= 11 is 0. The maximum Gasteiger partial charge on any atom is 0.133 e.